The lowest BCUT2D eigenvalue weighted by Gasteiger charge is -2.23. The van der Waals surface area contributed by atoms with Crippen molar-refractivity contribution in [3.8, 4) is 0 Å². The fourth-order valence-electron chi connectivity index (χ4n) is 2.21. The molecule has 0 aliphatic carbocycles. The van der Waals surface area contributed by atoms with Gasteiger partial charge in [0.1, 0.15) is 0 Å². The first-order valence-corrected chi connectivity index (χ1v) is 6.94. The first-order valence-electron chi connectivity index (χ1n) is 6.94. The lowest BCUT2D eigenvalue weighted by Crippen LogP contribution is -2.34. The number of hydrogen-bond donors (Lipinski definition) is 1. The normalized spacial score (nSPS) is 29.8. The fourth-order valence-corrected chi connectivity index (χ4v) is 2.21. The van der Waals surface area contributed by atoms with Gasteiger partial charge in [-0.05, 0) is 20.8 Å². The lowest BCUT2D eigenvalue weighted by atomic mass is 10.0. The predicted molar refractivity (Wildman–Crippen MR) is 75.0 cm³/mol. The van der Waals surface area contributed by atoms with E-state index in [-0.39, 0.29) is 12.2 Å². The third-order valence-corrected chi connectivity index (χ3v) is 3.48. The van der Waals surface area contributed by atoms with Crippen molar-refractivity contribution < 1.29 is 13.9 Å². The van der Waals surface area contributed by atoms with E-state index in [9.17, 15) is 14.0 Å². The van der Waals surface area contributed by atoms with Crippen molar-refractivity contribution in [2.75, 3.05) is 6.61 Å². The van der Waals surface area contributed by atoms with Crippen molar-refractivity contribution in [1.82, 2.24) is 9.55 Å². The highest BCUT2D eigenvalue weighted by Crippen LogP contribution is 2.35. The van der Waals surface area contributed by atoms with Crippen LogP contribution in [0.5, 0.6) is 0 Å². The van der Waals surface area contributed by atoms with Crippen LogP contribution in [-0.4, -0.2) is 34.0 Å². The number of nitrogens with zero attached hydrogens (tertiary/aromatic N) is 1. The standard InChI is InChI=1S/C14H21FN2O4/c1-8-9(7-20-14(2,3)4)21-12(11(8)15)17-6-5-10(18)16-13(17)19/h5-6,8-9,11-12H,7H2,1-4H3,(H,16,18,19)/t8-,9-,11-,12-/m1/s1. The molecule has 0 radical (unpaired) electrons. The van der Waals surface area contributed by atoms with E-state index in [1.165, 1.54) is 12.3 Å². The van der Waals surface area contributed by atoms with E-state index in [2.05, 4.69) is 4.98 Å². The highest BCUT2D eigenvalue weighted by atomic mass is 19.1. The molecule has 1 aromatic rings. The molecule has 4 atom stereocenters. The molecule has 1 N–H and O–H groups in total. The van der Waals surface area contributed by atoms with Gasteiger partial charge in [-0.3, -0.25) is 14.3 Å². The highest BCUT2D eigenvalue weighted by Gasteiger charge is 2.44. The van der Waals surface area contributed by atoms with Crippen LogP contribution in [0, 0.1) is 5.92 Å². The molecule has 1 aromatic heterocycles. The number of aromatic nitrogens is 2. The van der Waals surface area contributed by atoms with Gasteiger partial charge in [0.2, 0.25) is 0 Å². The van der Waals surface area contributed by atoms with Crippen LogP contribution in [0.4, 0.5) is 4.39 Å². The Kier molecular flexibility index (Phi) is 4.34. The second-order valence-corrected chi connectivity index (χ2v) is 6.31. The number of rotatable bonds is 3. The van der Waals surface area contributed by atoms with Gasteiger partial charge in [0.15, 0.2) is 12.4 Å². The van der Waals surface area contributed by atoms with Crippen LogP contribution < -0.4 is 11.2 Å². The number of halogens is 1. The molecule has 2 rings (SSSR count). The van der Waals surface area contributed by atoms with Gasteiger partial charge in [0, 0.05) is 18.2 Å². The van der Waals surface area contributed by atoms with Crippen molar-refractivity contribution in [1.29, 1.82) is 0 Å². The first kappa shape index (κ1) is 15.9. The van der Waals surface area contributed by atoms with Crippen LogP contribution >= 0.6 is 0 Å². The third-order valence-electron chi connectivity index (χ3n) is 3.48. The van der Waals surface area contributed by atoms with Gasteiger partial charge in [-0.2, -0.15) is 0 Å². The van der Waals surface area contributed by atoms with Crippen LogP contribution in [0.2, 0.25) is 0 Å². The monoisotopic (exact) mass is 300 g/mol. The van der Waals surface area contributed by atoms with Gasteiger partial charge < -0.3 is 9.47 Å². The summed E-state index contributed by atoms with van der Waals surface area (Å²) in [4.78, 5) is 24.9. The SMILES string of the molecule is C[C@H]1[C@@H](F)[C@H](n2ccc(=O)[nH]c2=O)O[C@@H]1COC(C)(C)C. The lowest BCUT2D eigenvalue weighted by molar-refractivity contribution is -0.0919. The largest absolute Gasteiger partial charge is 0.373 e. The zero-order chi connectivity index (χ0) is 15.8. The second-order valence-electron chi connectivity index (χ2n) is 6.31. The molecule has 1 aliphatic rings. The Hall–Kier alpha value is -1.47. The van der Waals surface area contributed by atoms with Crippen LogP contribution in [0.1, 0.15) is 33.9 Å². The van der Waals surface area contributed by atoms with E-state index in [4.69, 9.17) is 9.47 Å². The summed E-state index contributed by atoms with van der Waals surface area (Å²) in [6, 6.07) is 1.17. The molecule has 0 spiro atoms. The van der Waals surface area contributed by atoms with E-state index in [0.717, 1.165) is 4.57 Å². The molecule has 118 valence electrons. The van der Waals surface area contributed by atoms with E-state index in [0.29, 0.717) is 0 Å². The summed E-state index contributed by atoms with van der Waals surface area (Å²) in [5, 5.41) is 0. The summed E-state index contributed by atoms with van der Waals surface area (Å²) < 4.78 is 26.7. The van der Waals surface area contributed by atoms with E-state index in [1.807, 2.05) is 20.8 Å². The zero-order valence-electron chi connectivity index (χ0n) is 12.6. The van der Waals surface area contributed by atoms with Crippen LogP contribution in [0.3, 0.4) is 0 Å². The maximum absolute atomic E-state index is 14.4. The number of ether oxygens (including phenoxy) is 2. The van der Waals surface area contributed by atoms with Crippen molar-refractivity contribution >= 4 is 0 Å². The van der Waals surface area contributed by atoms with Gasteiger partial charge in [0.25, 0.3) is 5.56 Å². The zero-order valence-corrected chi connectivity index (χ0v) is 12.6. The Morgan fingerprint density at radius 1 is 1.43 bits per heavy atom. The summed E-state index contributed by atoms with van der Waals surface area (Å²) in [6.07, 6.45) is -1.58. The van der Waals surface area contributed by atoms with Crippen LogP contribution in [0.25, 0.3) is 0 Å². The molecular weight excluding hydrogens is 279 g/mol. The number of H-pyrrole nitrogens is 1. The Morgan fingerprint density at radius 2 is 2.10 bits per heavy atom. The average Bonchev–Trinajstić information content (AvgIpc) is 2.64. The van der Waals surface area contributed by atoms with Crippen molar-refractivity contribution in [3.63, 3.8) is 0 Å². The summed E-state index contributed by atoms with van der Waals surface area (Å²) in [6.45, 7) is 7.69. The maximum Gasteiger partial charge on any atom is 0.330 e. The maximum atomic E-state index is 14.4. The number of hydrogen-bond acceptors (Lipinski definition) is 4. The minimum absolute atomic E-state index is 0.250. The van der Waals surface area contributed by atoms with Crippen molar-refractivity contribution in [2.45, 2.75) is 51.8 Å². The summed E-state index contributed by atoms with van der Waals surface area (Å²) in [7, 11) is 0. The highest BCUT2D eigenvalue weighted by molar-refractivity contribution is 4.92. The van der Waals surface area contributed by atoms with Gasteiger partial charge in [0.05, 0.1) is 18.3 Å². The predicted octanol–water partition coefficient (Wildman–Crippen LogP) is 1.22. The summed E-state index contributed by atoms with van der Waals surface area (Å²) in [5.41, 5.74) is -1.55. The second kappa shape index (κ2) is 5.73. The summed E-state index contributed by atoms with van der Waals surface area (Å²) >= 11 is 0. The molecule has 0 saturated carbocycles. The Balaban J connectivity index is 2.16. The minimum atomic E-state index is -1.35. The van der Waals surface area contributed by atoms with E-state index in [1.54, 1.807) is 6.92 Å². The molecule has 1 aliphatic heterocycles. The Labute approximate surface area is 121 Å². The molecule has 0 bridgehead atoms. The molecule has 21 heavy (non-hydrogen) atoms. The van der Waals surface area contributed by atoms with Crippen LogP contribution in [0.15, 0.2) is 21.9 Å². The fraction of sp³-hybridized carbons (Fsp3) is 0.714. The average molecular weight is 300 g/mol. The van der Waals surface area contributed by atoms with Gasteiger partial charge in [-0.15, -0.1) is 0 Å². The molecule has 6 nitrogen and oxygen atoms in total. The first-order chi connectivity index (χ1) is 9.69. The molecule has 0 unspecified atom stereocenters. The van der Waals surface area contributed by atoms with Gasteiger partial charge in [-0.25, -0.2) is 9.18 Å². The van der Waals surface area contributed by atoms with E-state index < -0.39 is 35.7 Å². The topological polar surface area (TPSA) is 73.3 Å². The molecule has 1 fully saturated rings. The minimum Gasteiger partial charge on any atom is -0.373 e. The molecule has 2 heterocycles. The van der Waals surface area contributed by atoms with Crippen molar-refractivity contribution in [2.24, 2.45) is 5.92 Å². The van der Waals surface area contributed by atoms with Gasteiger partial charge in [-0.1, -0.05) is 6.92 Å². The molecule has 7 heteroatoms. The van der Waals surface area contributed by atoms with Crippen LogP contribution in [-0.2, 0) is 9.47 Å². The quantitative estimate of drug-likeness (QED) is 0.911. The molecule has 1 saturated heterocycles. The smallest absolute Gasteiger partial charge is 0.330 e. The summed E-state index contributed by atoms with van der Waals surface area (Å²) in [5.74, 6) is -0.406. The third kappa shape index (κ3) is 3.59. The van der Waals surface area contributed by atoms with E-state index >= 15 is 0 Å². The molecular formula is C14H21FN2O4. The Bertz CT molecular complexity index is 604. The molecule has 0 amide bonds. The van der Waals surface area contributed by atoms with Crippen molar-refractivity contribution in [3.05, 3.63) is 33.1 Å². The van der Waals surface area contributed by atoms with Gasteiger partial charge >= 0.3 is 5.69 Å². The number of alkyl halides is 1. The number of nitrogens with one attached hydrogen (secondary N) is 1. The number of aromatic amines is 1. The Morgan fingerprint density at radius 3 is 2.67 bits per heavy atom. The molecule has 0 aromatic carbocycles.